The highest BCUT2D eigenvalue weighted by atomic mass is 32.2. The van der Waals surface area contributed by atoms with Crippen LogP contribution in [0.5, 0.6) is 0 Å². The van der Waals surface area contributed by atoms with Crippen LogP contribution >= 0.6 is 0 Å². The number of hydrogen-bond acceptors (Lipinski definition) is 4. The number of rotatable bonds is 4. The van der Waals surface area contributed by atoms with Crippen molar-refractivity contribution in [2.75, 3.05) is 19.7 Å². The molecule has 1 atom stereocenters. The standard InChI is InChI=1S/C13H19NO4S/c1-11-8-14(6-7-18-11)19(16,17)10-13-4-2-12(9-15)3-5-13/h2-5,11,15H,6-10H2,1H3. The third-order valence-electron chi connectivity index (χ3n) is 3.15. The fraction of sp³-hybridized carbons (Fsp3) is 0.538. The van der Waals surface area contributed by atoms with Gasteiger partial charge in [0.25, 0.3) is 0 Å². The van der Waals surface area contributed by atoms with Gasteiger partial charge >= 0.3 is 0 Å². The lowest BCUT2D eigenvalue weighted by atomic mass is 10.2. The largest absolute Gasteiger partial charge is 0.392 e. The SMILES string of the molecule is CC1CN(S(=O)(=O)Cc2ccc(CO)cc2)CCO1. The third-order valence-corrected chi connectivity index (χ3v) is 4.97. The molecule has 106 valence electrons. The molecule has 19 heavy (non-hydrogen) atoms. The van der Waals surface area contributed by atoms with Gasteiger partial charge < -0.3 is 9.84 Å². The lowest BCUT2D eigenvalue weighted by molar-refractivity contribution is 0.0101. The number of ether oxygens (including phenoxy) is 1. The van der Waals surface area contributed by atoms with E-state index >= 15 is 0 Å². The Morgan fingerprint density at radius 2 is 1.95 bits per heavy atom. The molecular weight excluding hydrogens is 266 g/mol. The molecule has 0 aromatic heterocycles. The van der Waals surface area contributed by atoms with E-state index in [-0.39, 0.29) is 18.5 Å². The van der Waals surface area contributed by atoms with E-state index in [1.165, 1.54) is 4.31 Å². The van der Waals surface area contributed by atoms with Gasteiger partial charge in [-0.2, -0.15) is 4.31 Å². The first-order valence-corrected chi connectivity index (χ1v) is 7.90. The Bertz CT molecular complexity index is 512. The summed E-state index contributed by atoms with van der Waals surface area (Å²) in [4.78, 5) is 0. The van der Waals surface area contributed by atoms with Crippen LogP contribution in [0.3, 0.4) is 0 Å². The summed E-state index contributed by atoms with van der Waals surface area (Å²) in [5.41, 5.74) is 1.51. The van der Waals surface area contributed by atoms with Gasteiger partial charge in [-0.15, -0.1) is 0 Å². The minimum atomic E-state index is -3.30. The van der Waals surface area contributed by atoms with E-state index in [0.29, 0.717) is 19.7 Å². The van der Waals surface area contributed by atoms with Crippen molar-refractivity contribution in [2.45, 2.75) is 25.4 Å². The molecule has 0 spiro atoms. The number of aliphatic hydroxyl groups excluding tert-OH is 1. The maximum atomic E-state index is 12.3. The quantitative estimate of drug-likeness (QED) is 0.885. The fourth-order valence-electron chi connectivity index (χ4n) is 2.08. The molecule has 0 saturated carbocycles. The van der Waals surface area contributed by atoms with E-state index in [2.05, 4.69) is 0 Å². The molecule has 1 N–H and O–H groups in total. The monoisotopic (exact) mass is 285 g/mol. The first kappa shape index (κ1) is 14.5. The Morgan fingerprint density at radius 1 is 1.32 bits per heavy atom. The highest BCUT2D eigenvalue weighted by Crippen LogP contribution is 2.15. The normalized spacial score (nSPS) is 21.5. The molecular formula is C13H19NO4S. The molecule has 2 rings (SSSR count). The maximum Gasteiger partial charge on any atom is 0.218 e. The van der Waals surface area contributed by atoms with E-state index in [0.717, 1.165) is 11.1 Å². The van der Waals surface area contributed by atoms with Gasteiger partial charge in [-0.25, -0.2) is 8.42 Å². The summed E-state index contributed by atoms with van der Waals surface area (Å²) >= 11 is 0. The van der Waals surface area contributed by atoms with Gasteiger partial charge in [0.15, 0.2) is 0 Å². The van der Waals surface area contributed by atoms with E-state index < -0.39 is 10.0 Å². The van der Waals surface area contributed by atoms with Crippen molar-refractivity contribution >= 4 is 10.0 Å². The van der Waals surface area contributed by atoms with Crippen molar-refractivity contribution in [1.82, 2.24) is 4.31 Å². The van der Waals surface area contributed by atoms with E-state index in [1.54, 1.807) is 24.3 Å². The van der Waals surface area contributed by atoms with Gasteiger partial charge in [-0.05, 0) is 18.1 Å². The molecule has 1 fully saturated rings. The van der Waals surface area contributed by atoms with Crippen LogP contribution in [0.15, 0.2) is 24.3 Å². The zero-order valence-corrected chi connectivity index (χ0v) is 11.8. The molecule has 0 amide bonds. The predicted octanol–water partition coefficient (Wildman–Crippen LogP) is 0.729. The van der Waals surface area contributed by atoms with Crippen LogP contribution in [0.2, 0.25) is 0 Å². The van der Waals surface area contributed by atoms with Gasteiger partial charge in [0.1, 0.15) is 0 Å². The van der Waals surface area contributed by atoms with Gasteiger partial charge in [0.05, 0.1) is 25.1 Å². The molecule has 0 aliphatic carbocycles. The lowest BCUT2D eigenvalue weighted by Gasteiger charge is -2.30. The summed E-state index contributed by atoms with van der Waals surface area (Å²) in [5, 5.41) is 8.95. The average Bonchev–Trinajstić information content (AvgIpc) is 2.39. The second-order valence-corrected chi connectivity index (χ2v) is 6.74. The highest BCUT2D eigenvalue weighted by molar-refractivity contribution is 7.88. The molecule has 6 heteroatoms. The van der Waals surface area contributed by atoms with Gasteiger partial charge in [0.2, 0.25) is 10.0 Å². The van der Waals surface area contributed by atoms with Crippen LogP contribution in [0.25, 0.3) is 0 Å². The van der Waals surface area contributed by atoms with Crippen molar-refractivity contribution in [3.8, 4) is 0 Å². The number of morpholine rings is 1. The Kier molecular flexibility index (Phi) is 4.57. The molecule has 1 aliphatic rings. The summed E-state index contributed by atoms with van der Waals surface area (Å²) in [6.07, 6.45) is -0.0553. The van der Waals surface area contributed by atoms with E-state index in [9.17, 15) is 8.42 Å². The fourth-order valence-corrected chi connectivity index (χ4v) is 3.67. The van der Waals surface area contributed by atoms with Crippen molar-refractivity contribution in [1.29, 1.82) is 0 Å². The molecule has 1 saturated heterocycles. The first-order chi connectivity index (χ1) is 9.01. The van der Waals surface area contributed by atoms with Crippen LogP contribution in [0.1, 0.15) is 18.1 Å². The van der Waals surface area contributed by atoms with Gasteiger partial charge in [-0.3, -0.25) is 0 Å². The predicted molar refractivity (Wildman–Crippen MR) is 72.0 cm³/mol. The molecule has 0 bridgehead atoms. The summed E-state index contributed by atoms with van der Waals surface area (Å²) in [6.45, 7) is 3.12. The Labute approximate surface area is 113 Å². The minimum absolute atomic E-state index is 0.00850. The smallest absolute Gasteiger partial charge is 0.218 e. The van der Waals surface area contributed by atoms with Gasteiger partial charge in [-0.1, -0.05) is 24.3 Å². The Balaban J connectivity index is 2.07. The molecule has 1 unspecified atom stereocenters. The van der Waals surface area contributed by atoms with Crippen molar-refractivity contribution < 1.29 is 18.3 Å². The molecule has 5 nitrogen and oxygen atoms in total. The number of benzene rings is 1. The summed E-state index contributed by atoms with van der Waals surface area (Å²) in [6, 6.07) is 6.97. The van der Waals surface area contributed by atoms with Gasteiger partial charge in [0, 0.05) is 13.1 Å². The molecule has 0 radical (unpaired) electrons. The minimum Gasteiger partial charge on any atom is -0.392 e. The number of aliphatic hydroxyl groups is 1. The molecule has 1 aromatic rings. The van der Waals surface area contributed by atoms with Crippen molar-refractivity contribution in [3.63, 3.8) is 0 Å². The number of sulfonamides is 1. The summed E-state index contributed by atoms with van der Waals surface area (Å²) < 4.78 is 31.4. The van der Waals surface area contributed by atoms with Crippen molar-refractivity contribution in [2.24, 2.45) is 0 Å². The number of hydrogen-bond donors (Lipinski definition) is 1. The van der Waals surface area contributed by atoms with Crippen LogP contribution < -0.4 is 0 Å². The Hall–Kier alpha value is -0.950. The Morgan fingerprint density at radius 3 is 2.53 bits per heavy atom. The van der Waals surface area contributed by atoms with Crippen molar-refractivity contribution in [3.05, 3.63) is 35.4 Å². The highest BCUT2D eigenvalue weighted by Gasteiger charge is 2.27. The zero-order valence-electron chi connectivity index (χ0n) is 10.9. The first-order valence-electron chi connectivity index (χ1n) is 6.29. The van der Waals surface area contributed by atoms with E-state index in [1.807, 2.05) is 6.92 Å². The second-order valence-electron chi connectivity index (χ2n) is 4.77. The lowest BCUT2D eigenvalue weighted by Crippen LogP contribution is -2.44. The third kappa shape index (κ3) is 3.76. The molecule has 1 heterocycles. The molecule has 1 aromatic carbocycles. The van der Waals surface area contributed by atoms with E-state index in [4.69, 9.17) is 9.84 Å². The van der Waals surface area contributed by atoms with Crippen LogP contribution in [-0.2, 0) is 27.1 Å². The summed E-state index contributed by atoms with van der Waals surface area (Å²) in [7, 11) is -3.30. The topological polar surface area (TPSA) is 66.8 Å². The average molecular weight is 285 g/mol. The zero-order chi connectivity index (χ0) is 13.9. The molecule has 1 aliphatic heterocycles. The summed E-state index contributed by atoms with van der Waals surface area (Å²) in [5.74, 6) is -0.00850. The van der Waals surface area contributed by atoms with Crippen LogP contribution in [0.4, 0.5) is 0 Å². The second kappa shape index (κ2) is 6.00. The number of nitrogens with zero attached hydrogens (tertiary/aromatic N) is 1. The maximum absolute atomic E-state index is 12.3. The van der Waals surface area contributed by atoms with Crippen LogP contribution in [0, 0.1) is 0 Å². The van der Waals surface area contributed by atoms with Crippen LogP contribution in [-0.4, -0.2) is 43.6 Å².